The number of benzene rings is 6. The largest absolute Gasteiger partial charge is 1.00 e. The van der Waals surface area contributed by atoms with Gasteiger partial charge in [0.2, 0.25) is 11.8 Å². The maximum Gasteiger partial charge on any atom is 1.00 e. The molecule has 2 radical (unpaired) electrons. The summed E-state index contributed by atoms with van der Waals surface area (Å²) in [5, 5.41) is 3.32. The van der Waals surface area contributed by atoms with Gasteiger partial charge >= 0.3 is 258 Å². The normalized spacial score (nSPS) is 14.0. The third kappa shape index (κ3) is 41.9. The number of halogens is 24. The van der Waals surface area contributed by atoms with Crippen molar-refractivity contribution >= 4 is 269 Å². The van der Waals surface area contributed by atoms with Gasteiger partial charge in [0.15, 0.2) is 0 Å². The summed E-state index contributed by atoms with van der Waals surface area (Å²) in [5.41, 5.74) is 18.4. The molecule has 6 N–H and O–H groups in total. The summed E-state index contributed by atoms with van der Waals surface area (Å²) in [6.07, 6.45) is -5.41. The Balaban J connectivity index is 0.000000311. The van der Waals surface area contributed by atoms with Crippen LogP contribution in [0.25, 0.3) is 0 Å². The summed E-state index contributed by atoms with van der Waals surface area (Å²) in [4.78, 5) is 90.6. The predicted octanol–water partition coefficient (Wildman–Crippen LogP) is 16.5. The van der Waals surface area contributed by atoms with Gasteiger partial charge in [-0.25, -0.2) is 29.9 Å². The molecule has 0 atom stereocenters. The number of carbonyl (C=O) groups excluding carboxylic acids is 5. The van der Waals surface area contributed by atoms with Crippen LogP contribution >= 0.6 is 207 Å². The molecule has 0 saturated carbocycles. The van der Waals surface area contributed by atoms with Gasteiger partial charge in [-0.1, -0.05) is 122 Å². The number of nitrogens with zero attached hydrogens (tertiary/aromatic N) is 11. The molecule has 2 amide bonds. The van der Waals surface area contributed by atoms with Crippen molar-refractivity contribution in [3.05, 3.63) is 265 Å². The van der Waals surface area contributed by atoms with Crippen molar-refractivity contribution < 1.29 is 101 Å². The molecule has 3 aromatic heterocycles. The van der Waals surface area contributed by atoms with Crippen LogP contribution in [0.1, 0.15) is 109 Å². The summed E-state index contributed by atoms with van der Waals surface area (Å²) in [7, 11) is 1.68. The van der Waals surface area contributed by atoms with Crippen LogP contribution in [0.4, 0.5) is 56.6 Å². The van der Waals surface area contributed by atoms with Crippen LogP contribution in [-0.2, 0) is 120 Å². The molecule has 3 aliphatic rings. The first-order valence-corrected chi connectivity index (χ1v) is 120. The van der Waals surface area contributed by atoms with Crippen LogP contribution in [0.2, 0.25) is 0 Å². The molecule has 3 aliphatic heterocycles. The minimum atomic E-state index is -4.57. The van der Waals surface area contributed by atoms with E-state index in [2.05, 4.69) is 217 Å². The quantitative estimate of drug-likeness (QED) is 0.0116. The molecule has 47 heteroatoms. The van der Waals surface area contributed by atoms with Gasteiger partial charge in [0.1, 0.15) is 17.5 Å². The maximum absolute atomic E-state index is 13.7. The number of hydrogen-bond acceptors (Lipinski definition) is 18. The molecule has 694 valence electrons. The number of aromatic nitrogens is 6. The smallest absolute Gasteiger partial charge is 0.870 e. The Bertz CT molecular complexity index is 4920. The molecule has 6 aromatic carbocycles. The summed E-state index contributed by atoms with van der Waals surface area (Å²) in [5.74, 6) is -0.0102. The van der Waals surface area contributed by atoms with E-state index in [4.69, 9.17) is 11.5 Å². The molecule has 128 heavy (non-hydrogen) atoms. The van der Waals surface area contributed by atoms with Crippen molar-refractivity contribution in [2.24, 2.45) is 11.5 Å². The third-order valence-corrected chi connectivity index (χ3v) is 598. The van der Waals surface area contributed by atoms with Gasteiger partial charge in [0.25, 0.3) is 14.8 Å². The van der Waals surface area contributed by atoms with E-state index in [9.17, 15) is 63.5 Å². The van der Waals surface area contributed by atoms with Crippen LogP contribution in [-0.4, -0.2) is 169 Å². The van der Waals surface area contributed by atoms with Crippen molar-refractivity contribution in [1.82, 2.24) is 44.8 Å². The molecule has 3 saturated heterocycles. The van der Waals surface area contributed by atoms with E-state index in [1.807, 2.05) is 94.8 Å². The van der Waals surface area contributed by atoms with Crippen molar-refractivity contribution in [3.8, 4) is 0 Å². The topological polar surface area (TPSA) is 273 Å². The van der Waals surface area contributed by atoms with Gasteiger partial charge < -0.3 is 61.0 Å². The first-order chi connectivity index (χ1) is 59.6. The van der Waals surface area contributed by atoms with E-state index in [0.717, 1.165) is 166 Å². The molecule has 6 heterocycles. The van der Waals surface area contributed by atoms with Crippen LogP contribution in [0.15, 0.2) is 164 Å². The zero-order valence-electron chi connectivity index (χ0n) is 67.5. The Labute approximate surface area is 872 Å². The Kier molecular flexibility index (Phi) is 57.9. The van der Waals surface area contributed by atoms with Gasteiger partial charge in [0, 0.05) is 133 Å². The number of amides is 2. The average molecular weight is 3460 g/mol. The van der Waals surface area contributed by atoms with Crippen LogP contribution in [0.5, 0.6) is 0 Å². The number of nitrogens with one attached hydrogen (secondary N) is 1. The van der Waals surface area contributed by atoms with E-state index in [1.54, 1.807) is 81.6 Å². The van der Waals surface area contributed by atoms with E-state index in [-0.39, 0.29) is 133 Å². The Morgan fingerprint density at radius 2 is 0.734 bits per heavy atom. The Morgan fingerprint density at radius 1 is 0.445 bits per heavy atom. The number of primary amides is 2. The Morgan fingerprint density at radius 3 is 0.984 bits per heavy atom. The van der Waals surface area contributed by atoms with E-state index in [1.165, 1.54) is 0 Å². The minimum Gasteiger partial charge on any atom is -0.870 e. The number of aryl methyl sites for hydroxylation is 6. The van der Waals surface area contributed by atoms with Crippen molar-refractivity contribution in [1.29, 1.82) is 0 Å². The number of piperazine rings is 3. The standard InChI is InChI=1S/C27H28BF3N5O2.C27H26BF3N4O2.C26H28F3N5O.CH4.I8.I7.Li.H2O/c29-27(30,31)23-17-33-26(34-24(23)10-7-20-3-1-2-4-21(20)16-25(32)38)15-19-5-8-22(9-6-19)35-11-13-36(14-12-35)28-18-37;29-27(30,31)24-18-32-26(33-25(24)10-7-21-3-1-2-4-22(21)11-16-36)17-20-5-8-23(9-6-20)34-12-14-35(15-13-34)28-19-37;27-26(28,29)22-17-32-25(15-18-5-8-21(9-6-18)34-13-11-31-12-14-34)33-23(22)10-7-19-3-1-2-4-20(19)16-24(30)35;;1-6(2)8(5)7(3)4;1-5-7(4)6(2)3;;/h1-6,8-9,17-18H,7,10-16H2,(H2,32,38);1-6,8-9,18-19H,7,10-15,17H2;1-6,8-9,17,31H,7,10-16H2,(H2,30,35);1H4;;;;1H2/q;-1;;;;-1;+1;/p-1. The fraction of sp³-hybridized carbons (Fsp3) is 0.346. The summed E-state index contributed by atoms with van der Waals surface area (Å²) >= 11 is 25.1. The molecule has 0 unspecified atom stereocenters. The molecule has 12 rings (SSSR count). The molecule has 20 nitrogen and oxygen atoms in total. The van der Waals surface area contributed by atoms with Gasteiger partial charge in [0.05, 0.1) is 59.0 Å². The van der Waals surface area contributed by atoms with E-state index < -0.39 is 47.0 Å². The van der Waals surface area contributed by atoms with Crippen molar-refractivity contribution in [2.75, 3.05) is 93.2 Å². The van der Waals surface area contributed by atoms with E-state index in [0.29, 0.717) is 74.0 Å². The average Bonchev–Trinajstić information content (AvgIpc) is 0.815. The summed E-state index contributed by atoms with van der Waals surface area (Å²) < 4.78 is 123. The minimum absolute atomic E-state index is 0. The number of carbonyl (C=O) groups is 4. The second kappa shape index (κ2) is 62.2. The maximum atomic E-state index is 13.7. The van der Waals surface area contributed by atoms with E-state index >= 15 is 0 Å². The zero-order chi connectivity index (χ0) is 90.8. The molecule has 0 aliphatic carbocycles. The first-order valence-electron chi connectivity index (χ1n) is 37.9. The first kappa shape index (κ1) is 119. The SMILES string of the molecule is C.II(I)I(I)I(I)I.I[I-]I(I)I(I)I.NC(=O)Cc1ccccc1CCc1nc(Cc2ccc(N3CCN([B]C=O)CC3)cc2)ncc1C(F)(F)F.NC(=O)Cc1ccccc1CCc1nc(Cc2ccc(N3CCNCC3)cc2)ncc1C(F)(F)F.O=[C-]Cc1ccccc1CCc1nc(Cc2ccc(N3CCN([B]C=O)CC3)cc2)ncc1C(F)(F)F.[Li+].[OH-]. The second-order valence-corrected chi connectivity index (χ2v) is 288. The van der Waals surface area contributed by atoms with Gasteiger partial charge in [-0.15, -0.1) is 6.42 Å². The number of alkyl halides is 9. The summed E-state index contributed by atoms with van der Waals surface area (Å²) in [6.45, 7) is 9.97. The number of nitrogens with two attached hydrogens (primary N) is 2. The van der Waals surface area contributed by atoms with Crippen molar-refractivity contribution in [2.45, 2.75) is 103 Å². The predicted molar refractivity (Wildman–Crippen MR) is 608 cm³/mol. The fourth-order valence-electron chi connectivity index (χ4n) is 13.5. The molecule has 3 fully saturated rings. The number of rotatable bonds is 32. The van der Waals surface area contributed by atoms with Crippen LogP contribution in [0.3, 0.4) is 0 Å². The van der Waals surface area contributed by atoms with Crippen molar-refractivity contribution in [3.63, 3.8) is 0 Å². The van der Waals surface area contributed by atoms with Crippen LogP contribution < -0.4 is 63.6 Å². The summed E-state index contributed by atoms with van der Waals surface area (Å²) in [6, 6.07) is 45.1. The third-order valence-electron chi connectivity index (χ3n) is 19.5. The molecular weight excluding hydrogens is 3370 g/mol. The molecule has 9 aromatic rings. The van der Waals surface area contributed by atoms with Gasteiger partial charge in [-0.05, 0) is 119 Å². The van der Waals surface area contributed by atoms with Gasteiger partial charge in [-0.3, -0.25) is 15.9 Å². The fourth-order valence-corrected chi connectivity index (χ4v) is 642. The monoisotopic (exact) mass is 3460 g/mol. The zero-order valence-corrected chi connectivity index (χ0v) is 99.9. The molecule has 0 spiro atoms. The molecule has 0 bridgehead atoms. The molecular formula is C81H87B2F9I15LiN14O6-2. The Hall–Kier alpha value is 0.797. The number of anilines is 3. The van der Waals surface area contributed by atoms with Gasteiger partial charge in [-0.2, -0.15) is 39.5 Å². The van der Waals surface area contributed by atoms with Crippen LogP contribution in [0, 0.1) is 0 Å². The number of hydrogen-bond donors (Lipinski definition) is 3. The second-order valence-electron chi connectivity index (χ2n) is 27.6.